The molecule has 3 N–H and O–H groups in total. The van der Waals surface area contributed by atoms with Crippen LogP contribution in [0.5, 0.6) is 0 Å². The first-order valence-corrected chi connectivity index (χ1v) is 10.8. The Balaban J connectivity index is 1.75. The molecule has 5 heteroatoms. The van der Waals surface area contributed by atoms with E-state index in [0.717, 1.165) is 44.8 Å². The lowest BCUT2D eigenvalue weighted by Gasteiger charge is -2.20. The van der Waals surface area contributed by atoms with Gasteiger partial charge < -0.3 is 10.6 Å². The molecule has 166 valence electrons. The summed E-state index contributed by atoms with van der Waals surface area (Å²) in [6, 6.07) is 18.8. The van der Waals surface area contributed by atoms with Crippen molar-refractivity contribution in [2.45, 2.75) is 40.7 Å². The number of benzene rings is 3. The molecule has 0 aromatic heterocycles. The Morgan fingerprint density at radius 2 is 1.41 bits per heavy atom. The molecule has 0 radical (unpaired) electrons. The van der Waals surface area contributed by atoms with Crippen molar-refractivity contribution < 1.29 is 9.59 Å². The summed E-state index contributed by atoms with van der Waals surface area (Å²) in [4.78, 5) is 25.9. The van der Waals surface area contributed by atoms with Gasteiger partial charge in [-0.3, -0.25) is 14.9 Å². The summed E-state index contributed by atoms with van der Waals surface area (Å²) in [6.45, 7) is 9.95. The van der Waals surface area contributed by atoms with Gasteiger partial charge in [-0.05, 0) is 68.5 Å². The van der Waals surface area contributed by atoms with Crippen LogP contribution in [-0.2, 0) is 9.59 Å². The highest BCUT2D eigenvalue weighted by molar-refractivity contribution is 5.98. The molecular weight excluding hydrogens is 398 g/mol. The Hall–Kier alpha value is -3.44. The minimum Gasteiger partial charge on any atom is -0.324 e. The van der Waals surface area contributed by atoms with Crippen molar-refractivity contribution in [3.05, 3.63) is 94.0 Å². The molecule has 3 rings (SSSR count). The van der Waals surface area contributed by atoms with Crippen molar-refractivity contribution in [2.75, 3.05) is 17.2 Å². The van der Waals surface area contributed by atoms with E-state index in [1.54, 1.807) is 0 Å². The molecule has 0 aliphatic heterocycles. The zero-order valence-electron chi connectivity index (χ0n) is 19.4. The van der Waals surface area contributed by atoms with Crippen LogP contribution in [0.25, 0.3) is 0 Å². The lowest BCUT2D eigenvalue weighted by atomic mass is 10.0. The monoisotopic (exact) mass is 429 g/mol. The minimum absolute atomic E-state index is 0.00649. The number of carbonyl (C=O) groups excluding carboxylic acids is 2. The molecule has 0 aliphatic carbocycles. The highest BCUT2D eigenvalue weighted by atomic mass is 16.2. The van der Waals surface area contributed by atoms with Gasteiger partial charge in [0, 0.05) is 11.4 Å². The molecule has 5 nitrogen and oxygen atoms in total. The first-order chi connectivity index (χ1) is 15.2. The fourth-order valence-electron chi connectivity index (χ4n) is 3.84. The van der Waals surface area contributed by atoms with Crippen molar-refractivity contribution in [1.82, 2.24) is 5.32 Å². The molecular formula is C27H31N3O2. The molecule has 3 aromatic rings. The van der Waals surface area contributed by atoms with Crippen molar-refractivity contribution in [3.63, 3.8) is 0 Å². The lowest BCUT2D eigenvalue weighted by molar-refractivity contribution is -0.119. The van der Waals surface area contributed by atoms with E-state index < -0.39 is 6.04 Å². The lowest BCUT2D eigenvalue weighted by Crippen LogP contribution is -2.38. The molecule has 0 heterocycles. The zero-order valence-corrected chi connectivity index (χ0v) is 19.4. The SMILES string of the molecule is Cc1cc(C)c(NC(=O)CN[C@@H](C(=O)Nc2cc(C)ccc2C)c2ccccc2)c(C)c1. The maximum absolute atomic E-state index is 13.2. The second kappa shape index (κ2) is 10.2. The molecule has 0 bridgehead atoms. The number of amides is 2. The Bertz CT molecular complexity index is 1100. The van der Waals surface area contributed by atoms with E-state index in [0.29, 0.717) is 0 Å². The third-order valence-corrected chi connectivity index (χ3v) is 5.45. The van der Waals surface area contributed by atoms with Gasteiger partial charge in [0.1, 0.15) is 6.04 Å². The van der Waals surface area contributed by atoms with Crippen molar-refractivity contribution in [1.29, 1.82) is 0 Å². The number of carbonyl (C=O) groups is 2. The molecule has 1 atom stereocenters. The van der Waals surface area contributed by atoms with Crippen LogP contribution in [0, 0.1) is 34.6 Å². The van der Waals surface area contributed by atoms with E-state index in [1.807, 2.05) is 95.3 Å². The number of hydrogen-bond acceptors (Lipinski definition) is 3. The van der Waals surface area contributed by atoms with Gasteiger partial charge in [-0.1, -0.05) is 60.2 Å². The van der Waals surface area contributed by atoms with Crippen molar-refractivity contribution in [3.8, 4) is 0 Å². The molecule has 3 aromatic carbocycles. The average molecular weight is 430 g/mol. The van der Waals surface area contributed by atoms with Gasteiger partial charge in [-0.15, -0.1) is 0 Å². The van der Waals surface area contributed by atoms with Crippen LogP contribution < -0.4 is 16.0 Å². The Labute approximate surface area is 190 Å². The predicted octanol–water partition coefficient (Wildman–Crippen LogP) is 5.14. The minimum atomic E-state index is -0.665. The topological polar surface area (TPSA) is 70.2 Å². The van der Waals surface area contributed by atoms with Crippen LogP contribution in [0.1, 0.15) is 39.4 Å². The quantitative estimate of drug-likeness (QED) is 0.487. The summed E-state index contributed by atoms with van der Waals surface area (Å²) >= 11 is 0. The van der Waals surface area contributed by atoms with Crippen LogP contribution in [0.2, 0.25) is 0 Å². The van der Waals surface area contributed by atoms with Crippen LogP contribution in [-0.4, -0.2) is 18.4 Å². The standard InChI is InChI=1S/C27H31N3O2/c1-17-11-12-19(3)23(15-17)29-27(32)26(22-9-7-6-8-10-22)28-16-24(31)30-25-20(4)13-18(2)14-21(25)5/h6-15,26,28H,16H2,1-5H3,(H,29,32)(H,30,31)/t26-/m1/s1. The second-order valence-electron chi connectivity index (χ2n) is 8.35. The maximum Gasteiger partial charge on any atom is 0.246 e. The number of anilines is 2. The van der Waals surface area contributed by atoms with Crippen LogP contribution in [0.3, 0.4) is 0 Å². The number of aryl methyl sites for hydroxylation is 5. The number of rotatable bonds is 7. The van der Waals surface area contributed by atoms with Gasteiger partial charge in [-0.25, -0.2) is 0 Å². The van der Waals surface area contributed by atoms with Gasteiger partial charge in [0.25, 0.3) is 0 Å². The van der Waals surface area contributed by atoms with E-state index in [9.17, 15) is 9.59 Å². The van der Waals surface area contributed by atoms with Gasteiger partial charge in [0.15, 0.2) is 0 Å². The summed E-state index contributed by atoms with van der Waals surface area (Å²) in [7, 11) is 0. The predicted molar refractivity (Wildman–Crippen MR) is 131 cm³/mol. The van der Waals surface area contributed by atoms with E-state index >= 15 is 0 Å². The summed E-state index contributed by atoms with van der Waals surface area (Å²) in [5.41, 5.74) is 7.63. The first-order valence-electron chi connectivity index (χ1n) is 10.8. The Kier molecular flexibility index (Phi) is 7.44. The van der Waals surface area contributed by atoms with Crippen LogP contribution in [0.4, 0.5) is 11.4 Å². The van der Waals surface area contributed by atoms with E-state index in [4.69, 9.17) is 0 Å². The van der Waals surface area contributed by atoms with Crippen LogP contribution in [0.15, 0.2) is 60.7 Å². The molecule has 32 heavy (non-hydrogen) atoms. The third kappa shape index (κ3) is 5.83. The summed E-state index contributed by atoms with van der Waals surface area (Å²) in [6.07, 6.45) is 0. The van der Waals surface area contributed by atoms with Gasteiger partial charge >= 0.3 is 0 Å². The average Bonchev–Trinajstić information content (AvgIpc) is 2.74. The molecule has 0 spiro atoms. The largest absolute Gasteiger partial charge is 0.324 e. The normalized spacial score (nSPS) is 11.7. The Morgan fingerprint density at radius 3 is 2.06 bits per heavy atom. The van der Waals surface area contributed by atoms with E-state index in [1.165, 1.54) is 0 Å². The zero-order chi connectivity index (χ0) is 23.3. The molecule has 0 saturated heterocycles. The van der Waals surface area contributed by atoms with Crippen molar-refractivity contribution >= 4 is 23.2 Å². The molecule has 0 unspecified atom stereocenters. The highest BCUT2D eigenvalue weighted by Crippen LogP contribution is 2.22. The molecule has 2 amide bonds. The number of nitrogens with one attached hydrogen (secondary N) is 3. The summed E-state index contributed by atoms with van der Waals surface area (Å²) in [5.74, 6) is -0.402. The maximum atomic E-state index is 13.2. The van der Waals surface area contributed by atoms with Gasteiger partial charge in [0.05, 0.1) is 6.54 Å². The summed E-state index contributed by atoms with van der Waals surface area (Å²) in [5, 5.41) is 9.14. The second-order valence-corrected chi connectivity index (χ2v) is 8.35. The smallest absolute Gasteiger partial charge is 0.246 e. The summed E-state index contributed by atoms with van der Waals surface area (Å²) < 4.78 is 0. The highest BCUT2D eigenvalue weighted by Gasteiger charge is 2.22. The Morgan fingerprint density at radius 1 is 0.750 bits per heavy atom. The fourth-order valence-corrected chi connectivity index (χ4v) is 3.84. The fraction of sp³-hybridized carbons (Fsp3) is 0.259. The van der Waals surface area contributed by atoms with E-state index in [-0.39, 0.29) is 18.4 Å². The van der Waals surface area contributed by atoms with Gasteiger partial charge in [-0.2, -0.15) is 0 Å². The van der Waals surface area contributed by atoms with Crippen molar-refractivity contribution in [2.24, 2.45) is 0 Å². The molecule has 0 aliphatic rings. The van der Waals surface area contributed by atoms with Gasteiger partial charge in [0.2, 0.25) is 11.8 Å². The van der Waals surface area contributed by atoms with Crippen LogP contribution >= 0.6 is 0 Å². The first kappa shape index (κ1) is 23.2. The molecule has 0 saturated carbocycles. The van der Waals surface area contributed by atoms with E-state index in [2.05, 4.69) is 16.0 Å². The number of hydrogen-bond donors (Lipinski definition) is 3. The third-order valence-electron chi connectivity index (χ3n) is 5.45. The molecule has 0 fully saturated rings.